The highest BCUT2D eigenvalue weighted by Crippen LogP contribution is 2.34. The van der Waals surface area contributed by atoms with Crippen LogP contribution in [0.1, 0.15) is 31.7 Å². The van der Waals surface area contributed by atoms with Crippen LogP contribution in [0.4, 0.5) is 5.82 Å². The van der Waals surface area contributed by atoms with E-state index >= 15 is 0 Å². The Morgan fingerprint density at radius 3 is 2.63 bits per heavy atom. The first-order valence-corrected chi connectivity index (χ1v) is 7.51. The van der Waals surface area contributed by atoms with Gasteiger partial charge in [-0.05, 0) is 31.7 Å². The van der Waals surface area contributed by atoms with Crippen molar-refractivity contribution in [2.75, 3.05) is 18.0 Å². The van der Waals surface area contributed by atoms with Crippen molar-refractivity contribution < 1.29 is 0 Å². The van der Waals surface area contributed by atoms with Crippen LogP contribution in [0.25, 0.3) is 10.9 Å². The van der Waals surface area contributed by atoms with Gasteiger partial charge in [-0.25, -0.2) is 4.98 Å². The lowest BCUT2D eigenvalue weighted by Gasteiger charge is -2.30. The van der Waals surface area contributed by atoms with Gasteiger partial charge in [-0.2, -0.15) is 0 Å². The zero-order valence-corrected chi connectivity index (χ0v) is 12.1. The largest absolute Gasteiger partial charge is 0.356 e. The van der Waals surface area contributed by atoms with Gasteiger partial charge in [-0.3, -0.25) is 0 Å². The number of fused-ring (bicyclic) bond motifs is 1. The molecular formula is C16H19ClN2. The molecule has 0 N–H and O–H groups in total. The molecule has 1 saturated heterocycles. The fourth-order valence-corrected chi connectivity index (χ4v) is 3.26. The van der Waals surface area contributed by atoms with E-state index in [4.69, 9.17) is 16.6 Å². The lowest BCUT2D eigenvalue weighted by molar-refractivity contribution is 0.572. The lowest BCUT2D eigenvalue weighted by Crippen LogP contribution is -2.31. The average molecular weight is 275 g/mol. The third kappa shape index (κ3) is 2.30. The van der Waals surface area contributed by atoms with Crippen molar-refractivity contribution in [3.8, 4) is 0 Å². The fraction of sp³-hybridized carbons (Fsp3) is 0.438. The summed E-state index contributed by atoms with van der Waals surface area (Å²) in [6, 6.07) is 8.16. The fourth-order valence-electron chi connectivity index (χ4n) is 2.88. The summed E-state index contributed by atoms with van der Waals surface area (Å²) < 4.78 is 0. The van der Waals surface area contributed by atoms with Gasteiger partial charge in [0.05, 0.1) is 10.5 Å². The number of benzene rings is 1. The van der Waals surface area contributed by atoms with Gasteiger partial charge in [-0.15, -0.1) is 0 Å². The smallest absolute Gasteiger partial charge is 0.133 e. The lowest BCUT2D eigenvalue weighted by atomic mass is 10.1. The van der Waals surface area contributed by atoms with Crippen LogP contribution in [0.3, 0.4) is 0 Å². The van der Waals surface area contributed by atoms with Crippen LogP contribution in [-0.4, -0.2) is 18.1 Å². The molecule has 3 heteroatoms. The van der Waals surface area contributed by atoms with Gasteiger partial charge in [0.2, 0.25) is 0 Å². The molecule has 0 bridgehead atoms. The first-order valence-electron chi connectivity index (χ1n) is 7.13. The Hall–Kier alpha value is -1.28. The van der Waals surface area contributed by atoms with Crippen molar-refractivity contribution >= 4 is 28.3 Å². The maximum Gasteiger partial charge on any atom is 0.133 e. The summed E-state index contributed by atoms with van der Waals surface area (Å²) in [5, 5.41) is 1.95. The maximum absolute atomic E-state index is 6.60. The molecule has 0 atom stereocenters. The Morgan fingerprint density at radius 2 is 1.89 bits per heavy atom. The molecule has 0 unspecified atom stereocenters. The number of piperidine rings is 1. The van der Waals surface area contributed by atoms with Crippen LogP contribution in [0.5, 0.6) is 0 Å². The molecule has 19 heavy (non-hydrogen) atoms. The molecule has 0 aliphatic carbocycles. The summed E-state index contributed by atoms with van der Waals surface area (Å²) in [6.45, 7) is 4.37. The molecule has 1 aromatic carbocycles. The number of nitrogens with zero attached hydrogens (tertiary/aromatic N) is 2. The summed E-state index contributed by atoms with van der Waals surface area (Å²) in [4.78, 5) is 7.28. The van der Waals surface area contributed by atoms with Crippen molar-refractivity contribution in [1.82, 2.24) is 4.98 Å². The maximum atomic E-state index is 6.60. The third-order valence-corrected chi connectivity index (χ3v) is 4.34. The normalized spacial score (nSPS) is 16.0. The van der Waals surface area contributed by atoms with Gasteiger partial charge in [-0.1, -0.05) is 36.7 Å². The molecule has 100 valence electrons. The standard InChI is InChI=1S/C16H19ClN2/c1-2-12-15(17)13-8-4-5-9-14(13)18-16(12)19-10-6-3-7-11-19/h4-5,8-9H,2-3,6-7,10-11H2,1H3. The van der Waals surface area contributed by atoms with E-state index in [2.05, 4.69) is 17.9 Å². The van der Waals surface area contributed by atoms with Crippen molar-refractivity contribution in [3.63, 3.8) is 0 Å². The Labute approximate surface area is 119 Å². The van der Waals surface area contributed by atoms with Gasteiger partial charge >= 0.3 is 0 Å². The van der Waals surface area contributed by atoms with E-state index in [9.17, 15) is 0 Å². The van der Waals surface area contributed by atoms with Crippen molar-refractivity contribution in [2.45, 2.75) is 32.6 Å². The molecule has 1 fully saturated rings. The van der Waals surface area contributed by atoms with E-state index < -0.39 is 0 Å². The minimum atomic E-state index is 0.883. The van der Waals surface area contributed by atoms with Gasteiger partial charge in [0.1, 0.15) is 5.82 Å². The molecule has 0 amide bonds. The summed E-state index contributed by atoms with van der Waals surface area (Å²) in [5.41, 5.74) is 2.20. The van der Waals surface area contributed by atoms with Gasteiger partial charge in [0, 0.05) is 24.0 Å². The Morgan fingerprint density at radius 1 is 1.16 bits per heavy atom. The van der Waals surface area contributed by atoms with Crippen molar-refractivity contribution in [2.24, 2.45) is 0 Å². The average Bonchev–Trinajstić information content (AvgIpc) is 2.48. The van der Waals surface area contributed by atoms with E-state index in [1.807, 2.05) is 18.2 Å². The zero-order valence-electron chi connectivity index (χ0n) is 11.3. The van der Waals surface area contributed by atoms with E-state index in [1.54, 1.807) is 0 Å². The van der Waals surface area contributed by atoms with E-state index in [-0.39, 0.29) is 0 Å². The van der Waals surface area contributed by atoms with Crippen molar-refractivity contribution in [1.29, 1.82) is 0 Å². The molecular weight excluding hydrogens is 256 g/mol. The van der Waals surface area contributed by atoms with E-state index in [0.717, 1.165) is 41.3 Å². The second kappa shape index (κ2) is 5.38. The van der Waals surface area contributed by atoms with Crippen LogP contribution >= 0.6 is 11.6 Å². The van der Waals surface area contributed by atoms with E-state index in [0.29, 0.717) is 0 Å². The number of rotatable bonds is 2. The van der Waals surface area contributed by atoms with Crippen LogP contribution in [-0.2, 0) is 6.42 Å². The quantitative estimate of drug-likeness (QED) is 0.805. The van der Waals surface area contributed by atoms with Gasteiger partial charge in [0.25, 0.3) is 0 Å². The highest BCUT2D eigenvalue weighted by atomic mass is 35.5. The first kappa shape index (κ1) is 12.7. The topological polar surface area (TPSA) is 16.1 Å². The molecule has 1 aromatic heterocycles. The van der Waals surface area contributed by atoms with Gasteiger partial charge < -0.3 is 4.90 Å². The minimum absolute atomic E-state index is 0.883. The molecule has 1 aliphatic rings. The number of aromatic nitrogens is 1. The van der Waals surface area contributed by atoms with Crippen LogP contribution in [0.15, 0.2) is 24.3 Å². The molecule has 2 aromatic rings. The predicted octanol–water partition coefficient (Wildman–Crippen LogP) is 4.44. The highest BCUT2D eigenvalue weighted by Gasteiger charge is 2.19. The number of hydrogen-bond acceptors (Lipinski definition) is 2. The van der Waals surface area contributed by atoms with Gasteiger partial charge in [0.15, 0.2) is 0 Å². The first-order chi connectivity index (χ1) is 9.31. The number of hydrogen-bond donors (Lipinski definition) is 0. The Kier molecular flexibility index (Phi) is 3.61. The molecule has 3 rings (SSSR count). The SMILES string of the molecule is CCc1c(N2CCCCC2)nc2ccccc2c1Cl. The molecule has 2 heterocycles. The molecule has 2 nitrogen and oxygen atoms in total. The highest BCUT2D eigenvalue weighted by molar-refractivity contribution is 6.36. The number of para-hydroxylation sites is 1. The molecule has 0 saturated carbocycles. The number of pyridine rings is 1. The monoisotopic (exact) mass is 274 g/mol. The Bertz CT molecular complexity index is 589. The third-order valence-electron chi connectivity index (χ3n) is 3.91. The summed E-state index contributed by atoms with van der Waals surface area (Å²) in [6.07, 6.45) is 4.78. The second-order valence-electron chi connectivity index (χ2n) is 5.15. The molecule has 1 aliphatic heterocycles. The van der Waals surface area contributed by atoms with E-state index in [1.165, 1.54) is 24.8 Å². The zero-order chi connectivity index (χ0) is 13.2. The molecule has 0 radical (unpaired) electrons. The summed E-state index contributed by atoms with van der Waals surface area (Å²) in [7, 11) is 0. The van der Waals surface area contributed by atoms with Crippen LogP contribution in [0.2, 0.25) is 5.02 Å². The summed E-state index contributed by atoms with van der Waals surface area (Å²) in [5.74, 6) is 1.10. The minimum Gasteiger partial charge on any atom is -0.356 e. The van der Waals surface area contributed by atoms with Crippen LogP contribution in [0, 0.1) is 0 Å². The number of halogens is 1. The van der Waals surface area contributed by atoms with Crippen LogP contribution < -0.4 is 4.90 Å². The summed E-state index contributed by atoms with van der Waals surface area (Å²) >= 11 is 6.60. The second-order valence-corrected chi connectivity index (χ2v) is 5.52. The van der Waals surface area contributed by atoms with Crippen molar-refractivity contribution in [3.05, 3.63) is 34.9 Å². The Balaban J connectivity index is 2.16. The predicted molar refractivity (Wildman–Crippen MR) is 82.2 cm³/mol. The molecule has 0 spiro atoms. The number of anilines is 1.